The van der Waals surface area contributed by atoms with Crippen molar-refractivity contribution in [1.82, 2.24) is 10.6 Å². The molecule has 0 unspecified atom stereocenters. The Morgan fingerprint density at radius 3 is 2.59 bits per heavy atom. The van der Waals surface area contributed by atoms with Gasteiger partial charge in [0.15, 0.2) is 5.96 Å². The normalized spacial score (nSPS) is 11.8. The van der Waals surface area contributed by atoms with E-state index in [1.807, 2.05) is 13.8 Å². The van der Waals surface area contributed by atoms with Crippen LogP contribution in [0.2, 0.25) is 5.02 Å². The van der Waals surface area contributed by atoms with Crippen molar-refractivity contribution in [2.45, 2.75) is 19.3 Å². The first-order valence-corrected chi connectivity index (χ1v) is 7.17. The van der Waals surface area contributed by atoms with Crippen LogP contribution in [0.5, 0.6) is 0 Å². The third kappa shape index (κ3) is 6.66. The molecule has 1 aromatic rings. The third-order valence-corrected chi connectivity index (χ3v) is 3.49. The van der Waals surface area contributed by atoms with E-state index in [1.165, 1.54) is 12.1 Å². The molecule has 22 heavy (non-hydrogen) atoms. The van der Waals surface area contributed by atoms with Crippen LogP contribution in [0, 0.1) is 5.82 Å². The van der Waals surface area contributed by atoms with Crippen molar-refractivity contribution < 1.29 is 9.13 Å². The largest absolute Gasteiger partial charge is 0.383 e. The van der Waals surface area contributed by atoms with Gasteiger partial charge in [-0.1, -0.05) is 31.5 Å². The second-order valence-corrected chi connectivity index (χ2v) is 5.76. The lowest BCUT2D eigenvalue weighted by Crippen LogP contribution is -2.44. The number of nitrogens with zero attached hydrogens (tertiary/aromatic N) is 1. The fourth-order valence-electron chi connectivity index (χ4n) is 1.93. The molecule has 0 radical (unpaired) electrons. The maximum Gasteiger partial charge on any atom is 0.191 e. The molecule has 7 heteroatoms. The van der Waals surface area contributed by atoms with Crippen molar-refractivity contribution in [3.63, 3.8) is 0 Å². The average molecular weight is 444 g/mol. The quantitative estimate of drug-likeness (QED) is 0.307. The van der Waals surface area contributed by atoms with Crippen molar-refractivity contribution >= 4 is 41.5 Å². The summed E-state index contributed by atoms with van der Waals surface area (Å²) in [4.78, 5) is 4.14. The Morgan fingerprint density at radius 1 is 1.36 bits per heavy atom. The number of hydrogen-bond acceptors (Lipinski definition) is 2. The lowest BCUT2D eigenvalue weighted by Gasteiger charge is -2.27. The molecule has 1 aromatic carbocycles. The number of benzene rings is 1. The molecule has 0 fully saturated rings. The minimum absolute atomic E-state index is 0. The van der Waals surface area contributed by atoms with Gasteiger partial charge in [-0.15, -0.1) is 24.0 Å². The van der Waals surface area contributed by atoms with E-state index in [9.17, 15) is 4.39 Å². The molecule has 4 nitrogen and oxygen atoms in total. The number of rotatable bonds is 6. The van der Waals surface area contributed by atoms with E-state index in [4.69, 9.17) is 16.3 Å². The molecule has 0 amide bonds. The molecule has 0 aliphatic rings. The van der Waals surface area contributed by atoms with Crippen molar-refractivity contribution in [1.29, 1.82) is 0 Å². The zero-order valence-electron chi connectivity index (χ0n) is 13.4. The maximum atomic E-state index is 13.1. The molecule has 2 N–H and O–H groups in total. The van der Waals surface area contributed by atoms with Crippen LogP contribution in [0.25, 0.3) is 0 Å². The summed E-state index contributed by atoms with van der Waals surface area (Å²) in [5.41, 5.74) is 0.634. The lowest BCUT2D eigenvalue weighted by molar-refractivity contribution is 0.203. The fourth-order valence-corrected chi connectivity index (χ4v) is 2.35. The summed E-state index contributed by atoms with van der Waals surface area (Å²) < 4.78 is 18.1. The lowest BCUT2D eigenvalue weighted by atomic mass is 9.84. The average Bonchev–Trinajstić information content (AvgIpc) is 2.42. The zero-order chi connectivity index (χ0) is 15.9. The standard InChI is InChI=1S/C15H23ClFN3O.HI/c1-15(2,12-6-5-11(17)9-13(12)16)10-20-14(18-3)19-7-8-21-4;/h5-6,9H,7-8,10H2,1-4H3,(H2,18,19,20);1H. The summed E-state index contributed by atoms with van der Waals surface area (Å²) in [7, 11) is 3.36. The van der Waals surface area contributed by atoms with Crippen molar-refractivity contribution in [3.8, 4) is 0 Å². The molecular formula is C15H24ClFIN3O. The van der Waals surface area contributed by atoms with Crippen LogP contribution in [-0.4, -0.2) is 39.8 Å². The Labute approximate surface area is 153 Å². The number of halogens is 3. The van der Waals surface area contributed by atoms with Crippen LogP contribution >= 0.6 is 35.6 Å². The van der Waals surface area contributed by atoms with Gasteiger partial charge in [0.2, 0.25) is 0 Å². The molecule has 0 atom stereocenters. The van der Waals surface area contributed by atoms with Gasteiger partial charge in [-0.05, 0) is 17.7 Å². The number of aliphatic imine (C=N–C) groups is 1. The highest BCUT2D eigenvalue weighted by molar-refractivity contribution is 14.0. The molecule has 1 rings (SSSR count). The van der Waals surface area contributed by atoms with Crippen LogP contribution in [0.4, 0.5) is 4.39 Å². The summed E-state index contributed by atoms with van der Waals surface area (Å²) in [5, 5.41) is 6.81. The summed E-state index contributed by atoms with van der Waals surface area (Å²) in [6.07, 6.45) is 0. The summed E-state index contributed by atoms with van der Waals surface area (Å²) in [6, 6.07) is 4.49. The first kappa shape index (κ1) is 21.4. The van der Waals surface area contributed by atoms with Gasteiger partial charge in [-0.3, -0.25) is 4.99 Å². The number of ether oxygens (including phenoxy) is 1. The van der Waals surface area contributed by atoms with E-state index in [0.717, 1.165) is 5.56 Å². The predicted molar refractivity (Wildman–Crippen MR) is 101 cm³/mol. The molecule has 0 aliphatic heterocycles. The highest BCUT2D eigenvalue weighted by Crippen LogP contribution is 2.29. The summed E-state index contributed by atoms with van der Waals surface area (Å²) in [6.45, 7) is 5.98. The second kappa shape index (κ2) is 10.2. The Kier molecular flexibility index (Phi) is 9.95. The van der Waals surface area contributed by atoms with Crippen molar-refractivity contribution in [2.24, 2.45) is 4.99 Å². The molecule has 0 bridgehead atoms. The minimum atomic E-state index is -0.329. The molecule has 0 aromatic heterocycles. The molecule has 0 aliphatic carbocycles. The Morgan fingerprint density at radius 2 is 2.05 bits per heavy atom. The molecule has 126 valence electrons. The van der Waals surface area contributed by atoms with Gasteiger partial charge in [0.25, 0.3) is 0 Å². The van der Waals surface area contributed by atoms with Gasteiger partial charge in [-0.25, -0.2) is 4.39 Å². The summed E-state index contributed by atoms with van der Waals surface area (Å²) in [5.74, 6) is 0.364. The highest BCUT2D eigenvalue weighted by Gasteiger charge is 2.23. The topological polar surface area (TPSA) is 45.7 Å². The predicted octanol–water partition coefficient (Wildman–Crippen LogP) is 3.19. The van der Waals surface area contributed by atoms with E-state index < -0.39 is 0 Å². The molecule has 0 saturated carbocycles. The SMILES string of the molecule is CN=C(NCCOC)NCC(C)(C)c1ccc(F)cc1Cl.I. The molecule has 0 spiro atoms. The molecular weight excluding hydrogens is 420 g/mol. The smallest absolute Gasteiger partial charge is 0.191 e. The van der Waals surface area contributed by atoms with Gasteiger partial charge >= 0.3 is 0 Å². The fraction of sp³-hybridized carbons (Fsp3) is 0.533. The van der Waals surface area contributed by atoms with Crippen LogP contribution in [0.1, 0.15) is 19.4 Å². The van der Waals surface area contributed by atoms with Crippen LogP contribution in [0.15, 0.2) is 23.2 Å². The molecule has 0 saturated heterocycles. The van der Waals surface area contributed by atoms with Crippen LogP contribution in [-0.2, 0) is 10.2 Å². The third-order valence-electron chi connectivity index (χ3n) is 3.18. The van der Waals surface area contributed by atoms with Crippen molar-refractivity contribution in [2.75, 3.05) is 33.9 Å². The Bertz CT molecular complexity index is 498. The monoisotopic (exact) mass is 443 g/mol. The summed E-state index contributed by atoms with van der Waals surface area (Å²) >= 11 is 6.14. The number of nitrogens with one attached hydrogen (secondary N) is 2. The van der Waals surface area contributed by atoms with E-state index in [-0.39, 0.29) is 35.2 Å². The minimum Gasteiger partial charge on any atom is -0.383 e. The number of guanidine groups is 1. The number of methoxy groups -OCH3 is 1. The maximum absolute atomic E-state index is 13.1. The van der Waals surface area contributed by atoms with Gasteiger partial charge in [-0.2, -0.15) is 0 Å². The van der Waals surface area contributed by atoms with E-state index in [0.29, 0.717) is 30.7 Å². The van der Waals surface area contributed by atoms with E-state index >= 15 is 0 Å². The Hall–Kier alpha value is -0.600. The number of hydrogen-bond donors (Lipinski definition) is 2. The van der Waals surface area contributed by atoms with Crippen molar-refractivity contribution in [3.05, 3.63) is 34.6 Å². The van der Waals surface area contributed by atoms with Crippen LogP contribution in [0.3, 0.4) is 0 Å². The van der Waals surface area contributed by atoms with Crippen LogP contribution < -0.4 is 10.6 Å². The van der Waals surface area contributed by atoms with E-state index in [2.05, 4.69) is 15.6 Å². The van der Waals surface area contributed by atoms with E-state index in [1.54, 1.807) is 20.2 Å². The van der Waals surface area contributed by atoms with Gasteiger partial charge in [0.1, 0.15) is 5.82 Å². The second-order valence-electron chi connectivity index (χ2n) is 5.35. The van der Waals surface area contributed by atoms with Gasteiger partial charge < -0.3 is 15.4 Å². The van der Waals surface area contributed by atoms with Gasteiger partial charge in [0.05, 0.1) is 6.61 Å². The zero-order valence-corrected chi connectivity index (χ0v) is 16.5. The highest BCUT2D eigenvalue weighted by atomic mass is 127. The van der Waals surface area contributed by atoms with Gasteiger partial charge in [0, 0.05) is 37.7 Å². The first-order chi connectivity index (χ1) is 9.90. The first-order valence-electron chi connectivity index (χ1n) is 6.79. The Balaban J connectivity index is 0.00000441. The molecule has 0 heterocycles.